The Morgan fingerprint density at radius 2 is 1.84 bits per heavy atom. The zero-order chi connectivity index (χ0) is 32.0. The van der Waals surface area contributed by atoms with Gasteiger partial charge in [0, 0.05) is 42.8 Å². The summed E-state index contributed by atoms with van der Waals surface area (Å²) in [6, 6.07) is 9.53. The van der Waals surface area contributed by atoms with Crippen LogP contribution in [0.1, 0.15) is 70.2 Å². The highest BCUT2D eigenvalue weighted by Gasteiger charge is 2.44. The zero-order valence-corrected chi connectivity index (χ0v) is 25.1. The number of rotatable bonds is 7. The van der Waals surface area contributed by atoms with Crippen LogP contribution in [-0.2, 0) is 42.4 Å². The van der Waals surface area contributed by atoms with Gasteiger partial charge in [-0.1, -0.05) is 47.9 Å². The molecule has 45 heavy (non-hydrogen) atoms. The minimum Gasteiger partial charge on any atom is -0.487 e. The first-order valence-electron chi connectivity index (χ1n) is 14.8. The van der Waals surface area contributed by atoms with Crippen LogP contribution in [0.2, 0.25) is 5.02 Å². The van der Waals surface area contributed by atoms with Crippen molar-refractivity contribution in [2.45, 2.75) is 57.5 Å². The molecule has 2 amide bonds. The Kier molecular flexibility index (Phi) is 8.23. The summed E-state index contributed by atoms with van der Waals surface area (Å²) in [6.45, 7) is 0.0107. The molecule has 1 aromatic heterocycles. The first-order chi connectivity index (χ1) is 21.5. The van der Waals surface area contributed by atoms with Gasteiger partial charge in [-0.25, -0.2) is 4.68 Å². The van der Waals surface area contributed by atoms with Gasteiger partial charge in [-0.3, -0.25) is 14.4 Å². The van der Waals surface area contributed by atoms with Crippen LogP contribution in [0.25, 0.3) is 0 Å². The summed E-state index contributed by atoms with van der Waals surface area (Å²) in [5.41, 5.74) is 1.06. The fraction of sp³-hybridized carbons (Fsp3) is 0.452. The lowest BCUT2D eigenvalue weighted by Gasteiger charge is -2.43. The van der Waals surface area contributed by atoms with Crippen molar-refractivity contribution in [1.82, 2.24) is 24.8 Å². The highest BCUT2D eigenvalue weighted by atomic mass is 35.5. The third kappa shape index (κ3) is 5.73. The summed E-state index contributed by atoms with van der Waals surface area (Å²) in [5.74, 6) is -2.96. The third-order valence-corrected chi connectivity index (χ3v) is 9.43. The van der Waals surface area contributed by atoms with Crippen molar-refractivity contribution in [3.8, 4) is 5.75 Å². The number of amides is 2. The van der Waals surface area contributed by atoms with Crippen LogP contribution in [0.15, 0.2) is 36.4 Å². The number of alkyl halides is 3. The summed E-state index contributed by atoms with van der Waals surface area (Å²) >= 11 is 6.65. The number of carboxylic acid groups (broad SMARTS) is 1. The number of fused-ring (bicyclic) bond motifs is 2. The van der Waals surface area contributed by atoms with Crippen molar-refractivity contribution >= 4 is 29.4 Å². The second kappa shape index (κ2) is 12.0. The molecule has 1 aliphatic carbocycles. The molecule has 10 nitrogen and oxygen atoms in total. The summed E-state index contributed by atoms with van der Waals surface area (Å²) in [4.78, 5) is 43.1. The van der Waals surface area contributed by atoms with Gasteiger partial charge in [-0.05, 0) is 48.6 Å². The van der Waals surface area contributed by atoms with E-state index in [4.69, 9.17) is 16.3 Å². The fourth-order valence-electron chi connectivity index (χ4n) is 6.96. The number of carboxylic acids is 1. The Balaban J connectivity index is 1.39. The Labute approximate surface area is 261 Å². The first-order valence-corrected chi connectivity index (χ1v) is 15.1. The largest absolute Gasteiger partial charge is 0.487 e. The second-order valence-corrected chi connectivity index (χ2v) is 12.1. The van der Waals surface area contributed by atoms with Gasteiger partial charge < -0.3 is 19.6 Å². The van der Waals surface area contributed by atoms with Crippen molar-refractivity contribution in [2.75, 3.05) is 13.1 Å². The van der Waals surface area contributed by atoms with Gasteiger partial charge in [0.15, 0.2) is 5.69 Å². The van der Waals surface area contributed by atoms with Crippen LogP contribution in [0.5, 0.6) is 5.75 Å². The molecule has 3 atom stereocenters. The van der Waals surface area contributed by atoms with Crippen molar-refractivity contribution in [3.05, 3.63) is 75.1 Å². The maximum Gasteiger partial charge on any atom is 0.435 e. The van der Waals surface area contributed by atoms with Gasteiger partial charge in [-0.15, -0.1) is 5.10 Å². The molecule has 3 aliphatic rings. The number of halogens is 4. The van der Waals surface area contributed by atoms with Gasteiger partial charge in [0.2, 0.25) is 5.91 Å². The molecular formula is C31H31ClF3N5O5. The molecule has 3 heterocycles. The molecule has 2 aliphatic heterocycles. The van der Waals surface area contributed by atoms with Crippen LogP contribution in [0, 0.1) is 11.8 Å². The van der Waals surface area contributed by atoms with Crippen LogP contribution >= 0.6 is 11.6 Å². The quantitative estimate of drug-likeness (QED) is 0.383. The molecular weight excluding hydrogens is 615 g/mol. The molecule has 1 N–H and O–H groups in total. The van der Waals surface area contributed by atoms with E-state index in [1.54, 1.807) is 28.0 Å². The second-order valence-electron chi connectivity index (χ2n) is 11.7. The maximum atomic E-state index is 14.2. The fourth-order valence-corrected chi connectivity index (χ4v) is 7.21. The molecule has 0 spiro atoms. The predicted octanol–water partition coefficient (Wildman–Crippen LogP) is 5.04. The van der Waals surface area contributed by atoms with E-state index >= 15 is 0 Å². The monoisotopic (exact) mass is 645 g/mol. The summed E-state index contributed by atoms with van der Waals surface area (Å²) < 4.78 is 47.9. The van der Waals surface area contributed by atoms with Crippen LogP contribution in [0.3, 0.4) is 0 Å². The Morgan fingerprint density at radius 1 is 1.11 bits per heavy atom. The van der Waals surface area contributed by atoms with E-state index in [2.05, 4.69) is 10.3 Å². The number of nitrogens with zero attached hydrogens (tertiary/aromatic N) is 5. The van der Waals surface area contributed by atoms with E-state index in [0.717, 1.165) is 19.0 Å². The minimum absolute atomic E-state index is 0.0480. The number of benzene rings is 2. The smallest absolute Gasteiger partial charge is 0.435 e. The van der Waals surface area contributed by atoms with E-state index < -0.39 is 48.0 Å². The van der Waals surface area contributed by atoms with Crippen molar-refractivity contribution in [2.24, 2.45) is 18.9 Å². The van der Waals surface area contributed by atoms with Crippen molar-refractivity contribution in [1.29, 1.82) is 0 Å². The van der Waals surface area contributed by atoms with E-state index in [9.17, 15) is 32.7 Å². The molecule has 1 saturated carbocycles. The van der Waals surface area contributed by atoms with Crippen LogP contribution in [-0.4, -0.2) is 60.8 Å². The molecule has 2 unspecified atom stereocenters. The average molecular weight is 646 g/mol. The van der Waals surface area contributed by atoms with E-state index in [-0.39, 0.29) is 30.7 Å². The van der Waals surface area contributed by atoms with E-state index in [1.807, 2.05) is 12.1 Å². The normalized spacial score (nSPS) is 21.4. The van der Waals surface area contributed by atoms with Gasteiger partial charge in [0.05, 0.1) is 17.9 Å². The molecule has 3 aromatic rings. The lowest BCUT2D eigenvalue weighted by molar-refractivity contribution is -0.153. The molecule has 6 rings (SSSR count). The Bertz CT molecular complexity index is 1660. The summed E-state index contributed by atoms with van der Waals surface area (Å²) in [5, 5.41) is 17.5. The molecule has 238 valence electrons. The maximum absolute atomic E-state index is 14.2. The number of aryl methyl sites for hydroxylation is 1. The number of aliphatic carboxylic acids is 1. The number of hydrogen-bond donors (Lipinski definition) is 1. The van der Waals surface area contributed by atoms with Crippen molar-refractivity contribution < 1.29 is 37.4 Å². The molecule has 0 radical (unpaired) electrons. The molecule has 0 saturated heterocycles. The van der Waals surface area contributed by atoms with Gasteiger partial charge in [0.1, 0.15) is 18.1 Å². The minimum atomic E-state index is -4.71. The SMILES string of the molecule is Cn1nnc(COc2ccc(Cl)c3c2[C@@H](CN2Cc4ccccc4C2=O)N(C(=O)C2CCCCC2C(=O)O)CC3)c1C(F)(F)F. The molecule has 1 fully saturated rings. The lowest BCUT2D eigenvalue weighted by atomic mass is 9.77. The summed E-state index contributed by atoms with van der Waals surface area (Å²) in [6.07, 6.45) is -2.16. The third-order valence-electron chi connectivity index (χ3n) is 9.07. The van der Waals surface area contributed by atoms with Gasteiger partial charge in [0.25, 0.3) is 5.91 Å². The zero-order valence-electron chi connectivity index (χ0n) is 24.4. The Morgan fingerprint density at radius 3 is 2.56 bits per heavy atom. The number of ether oxygens (including phenoxy) is 1. The number of aromatic nitrogens is 3. The van der Waals surface area contributed by atoms with Crippen molar-refractivity contribution in [3.63, 3.8) is 0 Å². The first kappa shape index (κ1) is 30.9. The van der Waals surface area contributed by atoms with Gasteiger partial charge >= 0.3 is 12.1 Å². The lowest BCUT2D eigenvalue weighted by Crippen LogP contribution is -2.50. The van der Waals surface area contributed by atoms with E-state index in [1.165, 1.54) is 6.07 Å². The Hall–Kier alpha value is -4.13. The molecule has 2 aromatic carbocycles. The molecule has 14 heteroatoms. The standard InChI is InChI=1S/C31H31ClF3N5O5/c1-38-27(31(33,34)35)23(36-37-38)16-45-25-11-10-22(32)21-12-13-40(29(42)19-8-4-5-9-20(19)30(43)44)24(26(21)25)15-39-14-17-6-2-3-7-18(17)28(39)41/h2-3,6-7,10-11,19-20,24H,4-5,8-9,12-16H2,1H3,(H,43,44)/t19?,20?,24-/m1/s1. The van der Waals surface area contributed by atoms with E-state index in [0.29, 0.717) is 58.6 Å². The molecule has 0 bridgehead atoms. The average Bonchev–Trinajstić information content (AvgIpc) is 3.55. The number of carbonyl (C=O) groups excluding carboxylic acids is 2. The van der Waals surface area contributed by atoms with Crippen LogP contribution in [0.4, 0.5) is 13.2 Å². The van der Waals surface area contributed by atoms with Crippen LogP contribution < -0.4 is 4.74 Å². The highest BCUT2D eigenvalue weighted by Crippen LogP contribution is 2.44. The highest BCUT2D eigenvalue weighted by molar-refractivity contribution is 6.31. The number of hydrogen-bond acceptors (Lipinski definition) is 6. The predicted molar refractivity (Wildman–Crippen MR) is 154 cm³/mol. The number of carbonyl (C=O) groups is 3. The summed E-state index contributed by atoms with van der Waals surface area (Å²) in [7, 11) is 1.14. The topological polar surface area (TPSA) is 118 Å². The van der Waals surface area contributed by atoms with Gasteiger partial charge in [-0.2, -0.15) is 13.2 Å².